The minimum absolute atomic E-state index is 0.805. The molecule has 0 saturated heterocycles. The molecule has 0 saturated carbocycles. The molecule has 0 amide bonds. The van der Waals surface area contributed by atoms with Crippen molar-refractivity contribution in [1.29, 1.82) is 0 Å². The van der Waals surface area contributed by atoms with Crippen LogP contribution in [0.4, 0.5) is 0 Å². The van der Waals surface area contributed by atoms with Crippen molar-refractivity contribution in [3.63, 3.8) is 0 Å². The molecule has 0 aliphatic heterocycles. The van der Waals surface area contributed by atoms with E-state index < -0.39 is 0 Å². The van der Waals surface area contributed by atoms with Crippen LogP contribution in [-0.4, -0.2) is 0 Å². The molecule has 2 aromatic carbocycles. The molecule has 3 rings (SSSR count). The van der Waals surface area contributed by atoms with E-state index in [1.165, 1.54) is 24.8 Å². The van der Waals surface area contributed by atoms with Gasteiger partial charge in [0.1, 0.15) is 0 Å². The highest BCUT2D eigenvalue weighted by atomic mass is 14.2. The average Bonchev–Trinajstić information content (AvgIpc) is 2.72. The average molecular weight is 208 g/mol. The summed E-state index contributed by atoms with van der Waals surface area (Å²) in [5.41, 5.74) is 4.59. The smallest absolute Gasteiger partial charge is 0.0241 e. The van der Waals surface area contributed by atoms with E-state index >= 15 is 0 Å². The Morgan fingerprint density at radius 2 is 1.31 bits per heavy atom. The second-order valence-corrected chi connectivity index (χ2v) is 4.73. The van der Waals surface area contributed by atoms with Gasteiger partial charge in [0.15, 0.2) is 0 Å². The minimum atomic E-state index is 0.805. The zero-order valence-electron chi connectivity index (χ0n) is 9.39. The van der Waals surface area contributed by atoms with Crippen molar-refractivity contribution in [3.05, 3.63) is 71.3 Å². The van der Waals surface area contributed by atoms with Crippen LogP contribution in [0.5, 0.6) is 0 Å². The predicted octanol–water partition coefficient (Wildman–Crippen LogP) is 3.64. The van der Waals surface area contributed by atoms with Crippen LogP contribution < -0.4 is 0 Å². The highest BCUT2D eigenvalue weighted by molar-refractivity contribution is 5.32. The van der Waals surface area contributed by atoms with E-state index in [1.54, 1.807) is 11.1 Å². The van der Waals surface area contributed by atoms with Crippen LogP contribution in [0.1, 0.15) is 16.7 Å². The molecule has 0 N–H and O–H groups in total. The Morgan fingerprint density at radius 3 is 1.94 bits per heavy atom. The summed E-state index contributed by atoms with van der Waals surface area (Å²) < 4.78 is 0. The van der Waals surface area contributed by atoms with E-state index in [2.05, 4.69) is 54.6 Å². The molecule has 0 unspecified atom stereocenters. The van der Waals surface area contributed by atoms with E-state index in [4.69, 9.17) is 0 Å². The zero-order chi connectivity index (χ0) is 10.8. The van der Waals surface area contributed by atoms with Gasteiger partial charge in [-0.2, -0.15) is 0 Å². The van der Waals surface area contributed by atoms with Gasteiger partial charge in [0.05, 0.1) is 0 Å². The molecule has 0 nitrogen and oxygen atoms in total. The molecule has 1 aliphatic rings. The molecule has 0 spiro atoms. The van der Waals surface area contributed by atoms with Crippen LogP contribution >= 0.6 is 0 Å². The summed E-state index contributed by atoms with van der Waals surface area (Å²) in [4.78, 5) is 0. The van der Waals surface area contributed by atoms with E-state index in [0.29, 0.717) is 0 Å². The van der Waals surface area contributed by atoms with Crippen LogP contribution in [0.15, 0.2) is 54.6 Å². The minimum Gasteiger partial charge on any atom is -0.0622 e. The maximum Gasteiger partial charge on any atom is -0.0241 e. The van der Waals surface area contributed by atoms with Crippen LogP contribution in [-0.2, 0) is 19.3 Å². The summed E-state index contributed by atoms with van der Waals surface area (Å²) >= 11 is 0. The standard InChI is InChI=1S/C16H16/c1-2-6-13(7-3-1)10-14-11-15-8-4-5-9-16(15)12-14/h1-9,14H,10-12H2. The first-order valence-corrected chi connectivity index (χ1v) is 6.02. The monoisotopic (exact) mass is 208 g/mol. The van der Waals surface area contributed by atoms with Crippen molar-refractivity contribution in [3.8, 4) is 0 Å². The lowest BCUT2D eigenvalue weighted by molar-refractivity contribution is 0.559. The van der Waals surface area contributed by atoms with Gasteiger partial charge >= 0.3 is 0 Å². The molecule has 0 atom stereocenters. The molecule has 0 radical (unpaired) electrons. The second kappa shape index (κ2) is 4.13. The van der Waals surface area contributed by atoms with Gasteiger partial charge in [-0.1, -0.05) is 54.6 Å². The van der Waals surface area contributed by atoms with Gasteiger partial charge in [0, 0.05) is 0 Å². The quantitative estimate of drug-likeness (QED) is 0.706. The first-order chi connectivity index (χ1) is 7.92. The summed E-state index contributed by atoms with van der Waals surface area (Å²) in [5.74, 6) is 0.805. The maximum absolute atomic E-state index is 2.28. The number of hydrogen-bond acceptors (Lipinski definition) is 0. The number of rotatable bonds is 2. The second-order valence-electron chi connectivity index (χ2n) is 4.73. The van der Waals surface area contributed by atoms with Gasteiger partial charge in [-0.25, -0.2) is 0 Å². The number of fused-ring (bicyclic) bond motifs is 1. The fourth-order valence-corrected chi connectivity index (χ4v) is 2.74. The van der Waals surface area contributed by atoms with Crippen LogP contribution in [0, 0.1) is 5.92 Å². The molecule has 0 aromatic heterocycles. The fourth-order valence-electron chi connectivity index (χ4n) is 2.74. The Hall–Kier alpha value is -1.56. The zero-order valence-corrected chi connectivity index (χ0v) is 9.39. The molecule has 0 bridgehead atoms. The van der Waals surface area contributed by atoms with Gasteiger partial charge in [-0.15, -0.1) is 0 Å². The summed E-state index contributed by atoms with van der Waals surface area (Å²) in [5, 5.41) is 0. The predicted molar refractivity (Wildman–Crippen MR) is 67.5 cm³/mol. The van der Waals surface area contributed by atoms with E-state index in [9.17, 15) is 0 Å². The third-order valence-electron chi connectivity index (χ3n) is 3.50. The Morgan fingerprint density at radius 1 is 0.750 bits per heavy atom. The van der Waals surface area contributed by atoms with Gasteiger partial charge in [0.2, 0.25) is 0 Å². The van der Waals surface area contributed by atoms with Gasteiger partial charge in [-0.3, -0.25) is 0 Å². The SMILES string of the molecule is c1ccc(CC2Cc3ccccc3C2)cc1. The summed E-state index contributed by atoms with van der Waals surface area (Å²) in [7, 11) is 0. The molecule has 16 heavy (non-hydrogen) atoms. The summed E-state index contributed by atoms with van der Waals surface area (Å²) in [6.45, 7) is 0. The van der Waals surface area contributed by atoms with Crippen molar-refractivity contribution >= 4 is 0 Å². The normalized spacial score (nSPS) is 15.0. The lowest BCUT2D eigenvalue weighted by Gasteiger charge is -2.08. The molecule has 80 valence electrons. The van der Waals surface area contributed by atoms with Gasteiger partial charge < -0.3 is 0 Å². The molecule has 1 aliphatic carbocycles. The first kappa shape index (κ1) is 9.65. The Labute approximate surface area is 96.9 Å². The van der Waals surface area contributed by atoms with Gasteiger partial charge in [0.25, 0.3) is 0 Å². The van der Waals surface area contributed by atoms with Crippen LogP contribution in [0.2, 0.25) is 0 Å². The molecule has 0 heterocycles. The van der Waals surface area contributed by atoms with E-state index in [0.717, 1.165) is 5.92 Å². The molecule has 2 aromatic rings. The van der Waals surface area contributed by atoms with Crippen LogP contribution in [0.25, 0.3) is 0 Å². The van der Waals surface area contributed by atoms with Crippen molar-refractivity contribution in [2.75, 3.05) is 0 Å². The van der Waals surface area contributed by atoms with E-state index in [-0.39, 0.29) is 0 Å². The topological polar surface area (TPSA) is 0 Å². The van der Waals surface area contributed by atoms with Crippen molar-refractivity contribution in [1.82, 2.24) is 0 Å². The molecule has 0 fully saturated rings. The Kier molecular flexibility index (Phi) is 2.49. The Bertz CT molecular complexity index is 445. The summed E-state index contributed by atoms with van der Waals surface area (Å²) in [6.07, 6.45) is 3.73. The van der Waals surface area contributed by atoms with Gasteiger partial charge in [-0.05, 0) is 41.9 Å². The highest BCUT2D eigenvalue weighted by Crippen LogP contribution is 2.28. The first-order valence-electron chi connectivity index (χ1n) is 6.02. The van der Waals surface area contributed by atoms with Crippen LogP contribution in [0.3, 0.4) is 0 Å². The number of benzene rings is 2. The lowest BCUT2D eigenvalue weighted by atomic mass is 9.97. The Balaban J connectivity index is 1.73. The van der Waals surface area contributed by atoms with Crippen molar-refractivity contribution in [2.45, 2.75) is 19.3 Å². The van der Waals surface area contributed by atoms with Crippen molar-refractivity contribution < 1.29 is 0 Å². The largest absolute Gasteiger partial charge is 0.0622 e. The fraction of sp³-hybridized carbons (Fsp3) is 0.250. The lowest BCUT2D eigenvalue weighted by Crippen LogP contribution is -2.03. The molecular weight excluding hydrogens is 192 g/mol. The summed E-state index contributed by atoms with van der Waals surface area (Å²) in [6, 6.07) is 19.7. The number of hydrogen-bond donors (Lipinski definition) is 0. The maximum atomic E-state index is 2.28. The van der Waals surface area contributed by atoms with Crippen molar-refractivity contribution in [2.24, 2.45) is 5.92 Å². The molecule has 0 heteroatoms. The van der Waals surface area contributed by atoms with E-state index in [1.807, 2.05) is 0 Å². The molecular formula is C16H16. The third-order valence-corrected chi connectivity index (χ3v) is 3.50. The highest BCUT2D eigenvalue weighted by Gasteiger charge is 2.20. The third kappa shape index (κ3) is 1.88.